The molecule has 2 heterocycles. The van der Waals surface area contributed by atoms with Crippen LogP contribution in [0.2, 0.25) is 0 Å². The Kier molecular flexibility index (Phi) is 8.15. The molecule has 0 aromatic carbocycles. The molecule has 8 heteroatoms. The largest absolute Gasteiger partial charge is 0.463 e. The van der Waals surface area contributed by atoms with E-state index in [4.69, 9.17) is 4.74 Å². The maximum absolute atomic E-state index is 12.8. The van der Waals surface area contributed by atoms with E-state index in [1.54, 1.807) is 11.8 Å². The number of nitrogens with zero attached hydrogens (tertiary/aromatic N) is 2. The maximum Gasteiger partial charge on any atom is 0.336 e. The highest BCUT2D eigenvalue weighted by Crippen LogP contribution is 2.40. The minimum atomic E-state index is -0.421. The number of allylic oxidation sites excluding steroid dienone is 2. The van der Waals surface area contributed by atoms with Crippen molar-refractivity contribution in [1.29, 1.82) is 5.26 Å². The van der Waals surface area contributed by atoms with Gasteiger partial charge in [-0.3, -0.25) is 4.79 Å². The number of nitriles is 1. The number of ether oxygens (including phenoxy) is 1. The number of hydrogen-bond donors (Lipinski definition) is 1. The molecule has 1 aliphatic heterocycles. The van der Waals surface area contributed by atoms with Gasteiger partial charge in [0, 0.05) is 29.4 Å². The molecular formula is C20H25N3O3S2. The standard InChI is InChI=1S/C20H25N3O3S2/c1-5-23(6-2)20(25)28-12-15-18(19(24)26-7-3)17(16-9-8-10-27-16)13(4)14(11-21)22-15/h8-10,17,22H,5-7,12H2,1-4H3. The Morgan fingerprint density at radius 1 is 1.36 bits per heavy atom. The number of amides is 1. The summed E-state index contributed by atoms with van der Waals surface area (Å²) in [7, 11) is 0. The van der Waals surface area contributed by atoms with Gasteiger partial charge < -0.3 is 15.0 Å². The molecule has 1 aromatic heterocycles. The molecule has 1 atom stereocenters. The molecular weight excluding hydrogens is 394 g/mol. The lowest BCUT2D eigenvalue weighted by Gasteiger charge is -2.29. The van der Waals surface area contributed by atoms with Crippen LogP contribution in [-0.4, -0.2) is 41.6 Å². The van der Waals surface area contributed by atoms with Crippen LogP contribution in [0.5, 0.6) is 0 Å². The molecule has 150 valence electrons. The quantitative estimate of drug-likeness (QED) is 0.666. The van der Waals surface area contributed by atoms with E-state index in [0.717, 1.165) is 22.2 Å². The fourth-order valence-corrected chi connectivity index (χ4v) is 4.89. The number of carbonyl (C=O) groups is 2. The van der Waals surface area contributed by atoms with Crippen LogP contribution in [0.3, 0.4) is 0 Å². The number of esters is 1. The third kappa shape index (κ3) is 4.78. The van der Waals surface area contributed by atoms with Gasteiger partial charge in [0.2, 0.25) is 0 Å². The van der Waals surface area contributed by atoms with Crippen LogP contribution in [0.25, 0.3) is 0 Å². The van der Waals surface area contributed by atoms with E-state index in [0.29, 0.717) is 30.1 Å². The molecule has 1 unspecified atom stereocenters. The first-order valence-electron chi connectivity index (χ1n) is 9.21. The first-order valence-corrected chi connectivity index (χ1v) is 11.1. The first kappa shape index (κ1) is 22.1. The molecule has 6 nitrogen and oxygen atoms in total. The Bertz CT molecular complexity index is 818. The van der Waals surface area contributed by atoms with Gasteiger partial charge in [-0.05, 0) is 44.7 Å². The molecule has 1 aromatic rings. The predicted octanol–water partition coefficient (Wildman–Crippen LogP) is 4.24. The van der Waals surface area contributed by atoms with E-state index in [1.165, 1.54) is 11.3 Å². The van der Waals surface area contributed by atoms with Crippen LogP contribution in [0.1, 0.15) is 38.5 Å². The number of carbonyl (C=O) groups excluding carboxylic acids is 2. The van der Waals surface area contributed by atoms with Gasteiger partial charge in [0.25, 0.3) is 5.24 Å². The fourth-order valence-electron chi connectivity index (χ4n) is 3.05. The average Bonchev–Trinajstić information content (AvgIpc) is 3.21. The van der Waals surface area contributed by atoms with Crippen LogP contribution >= 0.6 is 23.1 Å². The molecule has 1 aliphatic rings. The van der Waals surface area contributed by atoms with Gasteiger partial charge in [0.15, 0.2) is 0 Å². The Balaban J connectivity index is 2.44. The molecule has 1 amide bonds. The summed E-state index contributed by atoms with van der Waals surface area (Å²) in [4.78, 5) is 27.9. The number of hydrogen-bond acceptors (Lipinski definition) is 7. The van der Waals surface area contributed by atoms with E-state index >= 15 is 0 Å². The van der Waals surface area contributed by atoms with Gasteiger partial charge in [-0.2, -0.15) is 5.26 Å². The number of rotatable bonds is 7. The van der Waals surface area contributed by atoms with Crippen molar-refractivity contribution in [2.24, 2.45) is 0 Å². The van der Waals surface area contributed by atoms with Crippen LogP contribution in [0.15, 0.2) is 40.1 Å². The Morgan fingerprint density at radius 2 is 2.07 bits per heavy atom. The highest BCUT2D eigenvalue weighted by Gasteiger charge is 2.35. The van der Waals surface area contributed by atoms with Gasteiger partial charge in [-0.1, -0.05) is 17.8 Å². The molecule has 0 saturated heterocycles. The minimum Gasteiger partial charge on any atom is -0.463 e. The summed E-state index contributed by atoms with van der Waals surface area (Å²) in [6.07, 6.45) is 0. The number of thioether (sulfide) groups is 1. The maximum atomic E-state index is 12.8. The summed E-state index contributed by atoms with van der Waals surface area (Å²) < 4.78 is 5.31. The SMILES string of the molecule is CCOC(=O)C1=C(CSC(=O)N(CC)CC)NC(C#N)=C(C)C1c1cccs1. The summed E-state index contributed by atoms with van der Waals surface area (Å²) in [5, 5.41) is 14.5. The van der Waals surface area contributed by atoms with Crippen LogP contribution in [0, 0.1) is 11.3 Å². The van der Waals surface area contributed by atoms with Gasteiger partial charge in [0.05, 0.1) is 18.1 Å². The van der Waals surface area contributed by atoms with Gasteiger partial charge in [-0.25, -0.2) is 4.79 Å². The number of nitrogens with one attached hydrogen (secondary N) is 1. The van der Waals surface area contributed by atoms with Crippen molar-refractivity contribution in [3.63, 3.8) is 0 Å². The van der Waals surface area contributed by atoms with Gasteiger partial charge in [0.1, 0.15) is 11.8 Å². The lowest BCUT2D eigenvalue weighted by molar-refractivity contribution is -0.138. The normalized spacial score (nSPS) is 16.5. The summed E-state index contributed by atoms with van der Waals surface area (Å²) in [5.41, 5.74) is 2.22. The summed E-state index contributed by atoms with van der Waals surface area (Å²) in [5.74, 6) is -0.506. The van der Waals surface area contributed by atoms with Crippen LogP contribution < -0.4 is 5.32 Å². The molecule has 0 aliphatic carbocycles. The number of dihydropyridines is 1. The van der Waals surface area contributed by atoms with Crippen molar-refractivity contribution < 1.29 is 14.3 Å². The third-order valence-electron chi connectivity index (χ3n) is 4.51. The minimum absolute atomic E-state index is 0.0556. The molecule has 1 N–H and O–H groups in total. The zero-order valence-corrected chi connectivity index (χ0v) is 18.2. The fraction of sp³-hybridized carbons (Fsp3) is 0.450. The highest BCUT2D eigenvalue weighted by molar-refractivity contribution is 8.13. The molecule has 28 heavy (non-hydrogen) atoms. The van der Waals surface area contributed by atoms with Crippen molar-refractivity contribution in [2.75, 3.05) is 25.4 Å². The number of thiophene rings is 1. The van der Waals surface area contributed by atoms with Crippen LogP contribution in [-0.2, 0) is 9.53 Å². The highest BCUT2D eigenvalue weighted by atomic mass is 32.2. The smallest absolute Gasteiger partial charge is 0.336 e. The second-order valence-corrected chi connectivity index (χ2v) is 7.99. The lowest BCUT2D eigenvalue weighted by Crippen LogP contribution is -2.32. The van der Waals surface area contributed by atoms with Gasteiger partial charge >= 0.3 is 5.97 Å². The zero-order valence-electron chi connectivity index (χ0n) is 16.6. The van der Waals surface area contributed by atoms with Crippen molar-refractivity contribution in [3.05, 3.63) is 44.9 Å². The second kappa shape index (κ2) is 10.3. The summed E-state index contributed by atoms with van der Waals surface area (Å²) in [6, 6.07) is 6.05. The predicted molar refractivity (Wildman–Crippen MR) is 113 cm³/mol. The zero-order chi connectivity index (χ0) is 20.7. The average molecular weight is 420 g/mol. The van der Waals surface area contributed by atoms with Crippen molar-refractivity contribution in [3.8, 4) is 6.07 Å². The van der Waals surface area contributed by atoms with E-state index in [-0.39, 0.29) is 23.5 Å². The molecule has 0 saturated carbocycles. The Hall–Kier alpha value is -2.24. The Labute approximate surface area is 174 Å². The summed E-state index contributed by atoms with van der Waals surface area (Å²) >= 11 is 2.65. The topological polar surface area (TPSA) is 82.4 Å². The second-order valence-electron chi connectivity index (χ2n) is 6.08. The van der Waals surface area contributed by atoms with Crippen molar-refractivity contribution in [2.45, 2.75) is 33.6 Å². The molecule has 0 bridgehead atoms. The Morgan fingerprint density at radius 3 is 2.61 bits per heavy atom. The van der Waals surface area contributed by atoms with Gasteiger partial charge in [-0.15, -0.1) is 11.3 Å². The summed E-state index contributed by atoms with van der Waals surface area (Å²) in [6.45, 7) is 8.97. The molecule has 2 rings (SSSR count). The van der Waals surface area contributed by atoms with E-state index in [9.17, 15) is 14.9 Å². The molecule has 0 spiro atoms. The van der Waals surface area contributed by atoms with Crippen molar-refractivity contribution in [1.82, 2.24) is 10.2 Å². The van der Waals surface area contributed by atoms with E-state index in [1.807, 2.05) is 38.3 Å². The lowest BCUT2D eigenvalue weighted by atomic mass is 9.85. The third-order valence-corrected chi connectivity index (χ3v) is 6.39. The van der Waals surface area contributed by atoms with Crippen LogP contribution in [0.4, 0.5) is 4.79 Å². The molecule has 0 fully saturated rings. The molecule has 0 radical (unpaired) electrons. The van der Waals surface area contributed by atoms with Crippen molar-refractivity contribution >= 4 is 34.3 Å². The van der Waals surface area contributed by atoms with E-state index in [2.05, 4.69) is 11.4 Å². The first-order chi connectivity index (χ1) is 13.5. The monoisotopic (exact) mass is 419 g/mol. The van der Waals surface area contributed by atoms with E-state index < -0.39 is 5.97 Å².